The SMILES string of the molecule is CNCc1ccc(OCc2cccc(C#N)c2)cn1. The zero-order valence-electron chi connectivity index (χ0n) is 10.8. The van der Waals surface area contributed by atoms with E-state index < -0.39 is 0 Å². The molecule has 19 heavy (non-hydrogen) atoms. The van der Waals surface area contributed by atoms with Gasteiger partial charge in [0.25, 0.3) is 0 Å². The highest BCUT2D eigenvalue weighted by molar-refractivity contribution is 5.32. The second kappa shape index (κ2) is 6.53. The van der Waals surface area contributed by atoms with Crippen molar-refractivity contribution in [1.29, 1.82) is 5.26 Å². The molecule has 0 unspecified atom stereocenters. The Morgan fingerprint density at radius 3 is 2.89 bits per heavy atom. The lowest BCUT2D eigenvalue weighted by molar-refractivity contribution is 0.304. The molecule has 96 valence electrons. The van der Waals surface area contributed by atoms with Crippen LogP contribution >= 0.6 is 0 Å². The summed E-state index contributed by atoms with van der Waals surface area (Å²) in [5, 5.41) is 11.9. The summed E-state index contributed by atoms with van der Waals surface area (Å²) >= 11 is 0. The highest BCUT2D eigenvalue weighted by Crippen LogP contribution is 2.12. The number of hydrogen-bond donors (Lipinski definition) is 1. The molecule has 0 aliphatic heterocycles. The van der Waals surface area contributed by atoms with Crippen molar-refractivity contribution in [2.24, 2.45) is 0 Å². The molecule has 4 heteroatoms. The number of ether oxygens (including phenoxy) is 1. The van der Waals surface area contributed by atoms with Gasteiger partial charge in [0.05, 0.1) is 23.5 Å². The second-order valence-corrected chi connectivity index (χ2v) is 4.12. The fraction of sp³-hybridized carbons (Fsp3) is 0.200. The van der Waals surface area contributed by atoms with Gasteiger partial charge in [-0.25, -0.2) is 0 Å². The maximum absolute atomic E-state index is 8.82. The van der Waals surface area contributed by atoms with Gasteiger partial charge in [-0.3, -0.25) is 4.98 Å². The van der Waals surface area contributed by atoms with Crippen molar-refractivity contribution in [1.82, 2.24) is 10.3 Å². The summed E-state index contributed by atoms with van der Waals surface area (Å²) in [5.41, 5.74) is 2.59. The zero-order chi connectivity index (χ0) is 13.5. The van der Waals surface area contributed by atoms with Crippen molar-refractivity contribution in [2.45, 2.75) is 13.2 Å². The highest BCUT2D eigenvalue weighted by Gasteiger charge is 1.99. The van der Waals surface area contributed by atoms with E-state index in [2.05, 4.69) is 16.4 Å². The fourth-order valence-electron chi connectivity index (χ4n) is 1.68. The van der Waals surface area contributed by atoms with Crippen LogP contribution in [0.4, 0.5) is 0 Å². The maximum atomic E-state index is 8.82. The average molecular weight is 253 g/mol. The summed E-state index contributed by atoms with van der Waals surface area (Å²) in [6, 6.07) is 13.3. The van der Waals surface area contributed by atoms with Crippen molar-refractivity contribution < 1.29 is 4.74 Å². The van der Waals surface area contributed by atoms with E-state index in [9.17, 15) is 0 Å². The molecule has 0 atom stereocenters. The van der Waals surface area contributed by atoms with Gasteiger partial charge in [0.15, 0.2) is 0 Å². The Hall–Kier alpha value is -2.38. The van der Waals surface area contributed by atoms with Crippen LogP contribution < -0.4 is 10.1 Å². The lowest BCUT2D eigenvalue weighted by Gasteiger charge is -2.07. The van der Waals surface area contributed by atoms with E-state index in [1.54, 1.807) is 12.3 Å². The van der Waals surface area contributed by atoms with Crippen molar-refractivity contribution in [3.05, 3.63) is 59.4 Å². The highest BCUT2D eigenvalue weighted by atomic mass is 16.5. The standard InChI is InChI=1S/C15H15N3O/c1-17-9-14-5-6-15(10-18-14)19-11-13-4-2-3-12(7-13)8-16/h2-7,10,17H,9,11H2,1H3. The summed E-state index contributed by atoms with van der Waals surface area (Å²) in [5.74, 6) is 0.724. The molecule has 0 spiro atoms. The predicted molar refractivity (Wildman–Crippen MR) is 72.5 cm³/mol. The first-order valence-electron chi connectivity index (χ1n) is 6.03. The molecule has 0 saturated heterocycles. The van der Waals surface area contributed by atoms with Gasteiger partial charge in [0.2, 0.25) is 0 Å². The molecule has 0 aliphatic rings. The zero-order valence-corrected chi connectivity index (χ0v) is 10.8. The topological polar surface area (TPSA) is 57.9 Å². The molecule has 0 bridgehead atoms. The average Bonchev–Trinajstić information content (AvgIpc) is 2.47. The van der Waals surface area contributed by atoms with Crippen LogP contribution in [0.5, 0.6) is 5.75 Å². The molecule has 0 saturated carbocycles. The molecule has 2 rings (SSSR count). The predicted octanol–water partition coefficient (Wildman–Crippen LogP) is 2.25. The smallest absolute Gasteiger partial charge is 0.138 e. The Morgan fingerprint density at radius 1 is 1.32 bits per heavy atom. The normalized spacial score (nSPS) is 9.89. The first-order chi connectivity index (χ1) is 9.31. The third-order valence-electron chi connectivity index (χ3n) is 2.62. The summed E-state index contributed by atoms with van der Waals surface area (Å²) in [7, 11) is 1.88. The van der Waals surface area contributed by atoms with E-state index in [1.807, 2.05) is 37.4 Å². The van der Waals surface area contributed by atoms with Crippen LogP contribution in [0.15, 0.2) is 42.6 Å². The molecule has 1 aromatic carbocycles. The summed E-state index contributed by atoms with van der Waals surface area (Å²) in [6.07, 6.45) is 1.71. The number of pyridine rings is 1. The van der Waals surface area contributed by atoms with Gasteiger partial charge in [-0.2, -0.15) is 5.26 Å². The molecular weight excluding hydrogens is 238 g/mol. The minimum absolute atomic E-state index is 0.433. The Morgan fingerprint density at radius 2 is 2.21 bits per heavy atom. The van der Waals surface area contributed by atoms with E-state index >= 15 is 0 Å². The number of nitriles is 1. The monoisotopic (exact) mass is 253 g/mol. The molecule has 0 aliphatic carbocycles. The quantitative estimate of drug-likeness (QED) is 0.888. The molecule has 1 aromatic heterocycles. The van der Waals surface area contributed by atoms with Crippen molar-refractivity contribution >= 4 is 0 Å². The molecule has 0 fully saturated rings. The number of rotatable bonds is 5. The van der Waals surface area contributed by atoms with E-state index in [0.717, 1.165) is 23.6 Å². The van der Waals surface area contributed by atoms with E-state index in [1.165, 1.54) is 0 Å². The van der Waals surface area contributed by atoms with Gasteiger partial charge < -0.3 is 10.1 Å². The third kappa shape index (κ3) is 3.80. The molecule has 1 heterocycles. The van der Waals surface area contributed by atoms with E-state index in [0.29, 0.717) is 12.2 Å². The van der Waals surface area contributed by atoms with Crippen LogP contribution in [0.3, 0.4) is 0 Å². The lowest BCUT2D eigenvalue weighted by atomic mass is 10.1. The molecule has 0 amide bonds. The van der Waals surface area contributed by atoms with Crippen LogP contribution in [0.25, 0.3) is 0 Å². The third-order valence-corrected chi connectivity index (χ3v) is 2.62. The molecule has 4 nitrogen and oxygen atoms in total. The first-order valence-corrected chi connectivity index (χ1v) is 6.03. The number of nitrogens with one attached hydrogen (secondary N) is 1. The number of nitrogens with zero attached hydrogens (tertiary/aromatic N) is 2. The fourth-order valence-corrected chi connectivity index (χ4v) is 1.68. The second-order valence-electron chi connectivity index (χ2n) is 4.12. The first kappa shape index (κ1) is 13.1. The summed E-state index contributed by atoms with van der Waals surface area (Å²) < 4.78 is 5.63. The van der Waals surface area contributed by atoms with Gasteiger partial charge in [0, 0.05) is 6.54 Å². The molecular formula is C15H15N3O. The minimum Gasteiger partial charge on any atom is -0.487 e. The Bertz CT molecular complexity index is 573. The largest absolute Gasteiger partial charge is 0.487 e. The maximum Gasteiger partial charge on any atom is 0.138 e. The minimum atomic E-state index is 0.433. The Balaban J connectivity index is 1.96. The van der Waals surface area contributed by atoms with Crippen molar-refractivity contribution in [2.75, 3.05) is 7.05 Å². The van der Waals surface area contributed by atoms with Gasteiger partial charge >= 0.3 is 0 Å². The Kier molecular flexibility index (Phi) is 4.49. The van der Waals surface area contributed by atoms with Crippen LogP contribution in [0, 0.1) is 11.3 Å². The van der Waals surface area contributed by atoms with Crippen LogP contribution in [0.1, 0.15) is 16.8 Å². The molecule has 1 N–H and O–H groups in total. The van der Waals surface area contributed by atoms with Gasteiger partial charge in [-0.1, -0.05) is 12.1 Å². The Labute approximate surface area is 112 Å². The van der Waals surface area contributed by atoms with E-state index in [4.69, 9.17) is 10.00 Å². The number of aromatic nitrogens is 1. The van der Waals surface area contributed by atoms with Gasteiger partial charge in [0.1, 0.15) is 12.4 Å². The van der Waals surface area contributed by atoms with Gasteiger partial charge in [-0.15, -0.1) is 0 Å². The van der Waals surface area contributed by atoms with Crippen molar-refractivity contribution in [3.63, 3.8) is 0 Å². The van der Waals surface area contributed by atoms with E-state index in [-0.39, 0.29) is 0 Å². The molecule has 2 aromatic rings. The van der Waals surface area contributed by atoms with Gasteiger partial charge in [-0.05, 0) is 36.9 Å². The van der Waals surface area contributed by atoms with Crippen molar-refractivity contribution in [3.8, 4) is 11.8 Å². The lowest BCUT2D eigenvalue weighted by Crippen LogP contribution is -2.06. The molecule has 0 radical (unpaired) electrons. The number of benzene rings is 1. The van der Waals surface area contributed by atoms with Crippen LogP contribution in [0.2, 0.25) is 0 Å². The summed E-state index contributed by atoms with van der Waals surface area (Å²) in [4.78, 5) is 4.27. The van der Waals surface area contributed by atoms with Crippen LogP contribution in [-0.4, -0.2) is 12.0 Å². The number of hydrogen-bond acceptors (Lipinski definition) is 4. The summed E-state index contributed by atoms with van der Waals surface area (Å²) in [6.45, 7) is 1.17. The van der Waals surface area contributed by atoms with Crippen LogP contribution in [-0.2, 0) is 13.2 Å².